The smallest absolute Gasteiger partial charge is 0.272 e. The highest BCUT2D eigenvalue weighted by molar-refractivity contribution is 5.95. The monoisotopic (exact) mass is 422 g/mol. The SMILES string of the molecule is [C-]#[N+]c1ccc(CN2C[C@H](C)n3nc(-c4c(CO)cc(C#N)cc4[N+]#[C-])cc3C2=O)cc1. The molecular weight excluding hydrogens is 404 g/mol. The van der Waals surface area contributed by atoms with Gasteiger partial charge in [-0.2, -0.15) is 10.4 Å². The number of aromatic nitrogens is 2. The van der Waals surface area contributed by atoms with Gasteiger partial charge >= 0.3 is 0 Å². The zero-order valence-electron chi connectivity index (χ0n) is 17.3. The molecule has 0 radical (unpaired) electrons. The molecule has 4 rings (SSSR count). The van der Waals surface area contributed by atoms with Crippen LogP contribution in [0.1, 0.15) is 40.1 Å². The summed E-state index contributed by atoms with van der Waals surface area (Å²) in [7, 11) is 0. The summed E-state index contributed by atoms with van der Waals surface area (Å²) in [6.45, 7) is 17.1. The van der Waals surface area contributed by atoms with E-state index in [2.05, 4.69) is 14.8 Å². The van der Waals surface area contributed by atoms with E-state index in [1.807, 2.05) is 25.1 Å². The number of carbonyl (C=O) groups is 1. The van der Waals surface area contributed by atoms with Crippen LogP contribution in [0.3, 0.4) is 0 Å². The van der Waals surface area contributed by atoms with Crippen molar-refractivity contribution in [3.63, 3.8) is 0 Å². The molecule has 2 aromatic carbocycles. The Bertz CT molecular complexity index is 1340. The largest absolute Gasteiger partial charge is 0.392 e. The van der Waals surface area contributed by atoms with Gasteiger partial charge in [0, 0.05) is 24.2 Å². The average molecular weight is 422 g/mol. The highest BCUT2D eigenvalue weighted by Gasteiger charge is 2.31. The van der Waals surface area contributed by atoms with Crippen molar-refractivity contribution >= 4 is 17.3 Å². The van der Waals surface area contributed by atoms with Gasteiger partial charge in [0.2, 0.25) is 0 Å². The first-order valence-electron chi connectivity index (χ1n) is 9.90. The average Bonchev–Trinajstić information content (AvgIpc) is 3.27. The van der Waals surface area contributed by atoms with Crippen molar-refractivity contribution in [2.45, 2.75) is 26.1 Å². The van der Waals surface area contributed by atoms with Gasteiger partial charge in [-0.3, -0.25) is 9.48 Å². The van der Waals surface area contributed by atoms with Crippen molar-refractivity contribution in [3.8, 4) is 17.3 Å². The maximum atomic E-state index is 13.2. The van der Waals surface area contributed by atoms with Crippen LogP contribution < -0.4 is 0 Å². The number of amides is 1. The van der Waals surface area contributed by atoms with Gasteiger partial charge in [0.1, 0.15) is 5.69 Å². The third kappa shape index (κ3) is 3.58. The van der Waals surface area contributed by atoms with Gasteiger partial charge in [-0.05, 0) is 36.2 Å². The van der Waals surface area contributed by atoms with Crippen LogP contribution in [0.2, 0.25) is 0 Å². The summed E-state index contributed by atoms with van der Waals surface area (Å²) >= 11 is 0. The zero-order valence-corrected chi connectivity index (χ0v) is 17.3. The lowest BCUT2D eigenvalue weighted by atomic mass is 9.99. The number of nitrogens with zero attached hydrogens (tertiary/aromatic N) is 6. The van der Waals surface area contributed by atoms with Crippen molar-refractivity contribution in [1.82, 2.24) is 14.7 Å². The van der Waals surface area contributed by atoms with Crippen molar-refractivity contribution in [2.75, 3.05) is 6.54 Å². The molecule has 1 aliphatic rings. The third-order valence-corrected chi connectivity index (χ3v) is 5.46. The summed E-state index contributed by atoms with van der Waals surface area (Å²) in [5.41, 5.74) is 3.65. The van der Waals surface area contributed by atoms with Crippen LogP contribution in [-0.2, 0) is 13.2 Å². The van der Waals surface area contributed by atoms with E-state index in [1.165, 1.54) is 12.1 Å². The fourth-order valence-electron chi connectivity index (χ4n) is 3.94. The van der Waals surface area contributed by atoms with Gasteiger partial charge in [0.25, 0.3) is 5.91 Å². The summed E-state index contributed by atoms with van der Waals surface area (Å²) in [6, 6.07) is 13.7. The Balaban J connectivity index is 1.72. The molecule has 2 heterocycles. The van der Waals surface area contributed by atoms with Crippen LogP contribution in [0.25, 0.3) is 20.9 Å². The van der Waals surface area contributed by atoms with Gasteiger partial charge in [0.15, 0.2) is 11.4 Å². The minimum Gasteiger partial charge on any atom is -0.392 e. The van der Waals surface area contributed by atoms with E-state index in [0.29, 0.717) is 41.3 Å². The van der Waals surface area contributed by atoms with Crippen molar-refractivity contribution < 1.29 is 9.90 Å². The van der Waals surface area contributed by atoms with Crippen molar-refractivity contribution in [2.24, 2.45) is 0 Å². The topological polar surface area (TPSA) is 90.9 Å². The zero-order chi connectivity index (χ0) is 22.8. The van der Waals surface area contributed by atoms with E-state index < -0.39 is 0 Å². The molecule has 8 heteroatoms. The number of hydrogen-bond acceptors (Lipinski definition) is 4. The molecule has 1 aromatic heterocycles. The molecule has 0 fully saturated rings. The van der Waals surface area contributed by atoms with Crippen LogP contribution in [0.5, 0.6) is 0 Å². The number of fused-ring (bicyclic) bond motifs is 1. The first-order valence-corrected chi connectivity index (χ1v) is 9.90. The minimum absolute atomic E-state index is 0.0914. The second-order valence-electron chi connectivity index (χ2n) is 7.58. The number of hydrogen-bond donors (Lipinski definition) is 1. The van der Waals surface area contributed by atoms with E-state index in [1.54, 1.807) is 27.8 Å². The molecule has 0 aliphatic carbocycles. The van der Waals surface area contributed by atoms with Crippen molar-refractivity contribution in [3.05, 3.63) is 87.7 Å². The molecule has 8 nitrogen and oxygen atoms in total. The Hall–Kier alpha value is -4.45. The summed E-state index contributed by atoms with van der Waals surface area (Å²) in [4.78, 5) is 21.8. The van der Waals surface area contributed by atoms with E-state index in [-0.39, 0.29) is 29.8 Å². The second-order valence-corrected chi connectivity index (χ2v) is 7.58. The highest BCUT2D eigenvalue weighted by atomic mass is 16.3. The summed E-state index contributed by atoms with van der Waals surface area (Å²) in [5, 5.41) is 23.6. The fraction of sp³-hybridized carbons (Fsp3) is 0.208. The number of aliphatic hydroxyl groups excluding tert-OH is 1. The molecule has 1 aliphatic heterocycles. The predicted molar refractivity (Wildman–Crippen MR) is 117 cm³/mol. The van der Waals surface area contributed by atoms with Crippen LogP contribution in [0.15, 0.2) is 42.5 Å². The van der Waals surface area contributed by atoms with E-state index in [4.69, 9.17) is 13.1 Å². The lowest BCUT2D eigenvalue weighted by Crippen LogP contribution is -2.41. The van der Waals surface area contributed by atoms with Crippen molar-refractivity contribution in [1.29, 1.82) is 5.26 Å². The number of nitriles is 1. The normalized spacial score (nSPS) is 14.9. The Morgan fingerprint density at radius 3 is 2.59 bits per heavy atom. The number of rotatable bonds is 4. The number of carbonyl (C=O) groups excluding carboxylic acids is 1. The summed E-state index contributed by atoms with van der Waals surface area (Å²) < 4.78 is 1.66. The maximum absolute atomic E-state index is 13.2. The molecule has 3 aromatic rings. The van der Waals surface area contributed by atoms with Crippen LogP contribution in [0.4, 0.5) is 11.4 Å². The van der Waals surface area contributed by atoms with Crippen LogP contribution in [-0.4, -0.2) is 32.2 Å². The molecule has 32 heavy (non-hydrogen) atoms. The molecule has 0 saturated heterocycles. The molecular formula is C24H18N6O2. The lowest BCUT2D eigenvalue weighted by molar-refractivity contribution is 0.0651. The minimum atomic E-state index is -0.355. The molecule has 1 N–H and O–H groups in total. The van der Waals surface area contributed by atoms with Crippen LogP contribution in [0, 0.1) is 24.5 Å². The Morgan fingerprint density at radius 1 is 1.22 bits per heavy atom. The molecule has 0 spiro atoms. The summed E-state index contributed by atoms with van der Waals surface area (Å²) in [6.07, 6.45) is 0. The van der Waals surface area contributed by atoms with Gasteiger partial charge in [0.05, 0.1) is 37.6 Å². The maximum Gasteiger partial charge on any atom is 0.272 e. The number of benzene rings is 2. The first kappa shape index (κ1) is 20.8. The molecule has 0 unspecified atom stereocenters. The highest BCUT2D eigenvalue weighted by Crippen LogP contribution is 2.36. The quantitative estimate of drug-likeness (QED) is 0.637. The molecule has 0 bridgehead atoms. The van der Waals surface area contributed by atoms with E-state index >= 15 is 0 Å². The second kappa shape index (κ2) is 8.35. The van der Waals surface area contributed by atoms with Gasteiger partial charge in [-0.25, -0.2) is 9.69 Å². The Labute approximate surface area is 185 Å². The lowest BCUT2D eigenvalue weighted by Gasteiger charge is -2.31. The third-order valence-electron chi connectivity index (χ3n) is 5.46. The van der Waals surface area contributed by atoms with Crippen LogP contribution >= 0.6 is 0 Å². The standard InChI is InChI=1S/C24H18N6O2/c1-15-12-29(13-16-4-6-19(26-2)7-5-16)24(32)22-10-21(28-30(15)22)23-18(14-31)8-17(11-25)9-20(23)27-3/h4-10,15,31H,12-14H2,1H3/t15-/m0/s1. The van der Waals surface area contributed by atoms with E-state index in [0.717, 1.165) is 5.56 Å². The molecule has 156 valence electrons. The summed E-state index contributed by atoms with van der Waals surface area (Å²) in [5.74, 6) is -0.181. The van der Waals surface area contributed by atoms with Gasteiger partial charge < -0.3 is 10.0 Å². The fourth-order valence-corrected chi connectivity index (χ4v) is 3.94. The predicted octanol–water partition coefficient (Wildman–Crippen LogP) is 4.23. The molecule has 1 atom stereocenters. The van der Waals surface area contributed by atoms with Gasteiger partial charge in [-0.1, -0.05) is 24.3 Å². The number of aliphatic hydroxyl groups is 1. The first-order chi connectivity index (χ1) is 15.5. The van der Waals surface area contributed by atoms with Gasteiger partial charge in [-0.15, -0.1) is 0 Å². The Morgan fingerprint density at radius 2 is 1.97 bits per heavy atom. The molecule has 1 amide bonds. The molecule has 0 saturated carbocycles. The Kier molecular flexibility index (Phi) is 5.43. The van der Waals surface area contributed by atoms with E-state index in [9.17, 15) is 15.2 Å².